The Balaban J connectivity index is 2.99. The molecule has 20 heavy (non-hydrogen) atoms. The lowest BCUT2D eigenvalue weighted by Crippen LogP contribution is -2.26. The molecule has 0 aliphatic rings. The van der Waals surface area contributed by atoms with Crippen molar-refractivity contribution < 1.29 is 9.53 Å². The number of carbonyl (C=O) groups excluding carboxylic acids is 1. The highest BCUT2D eigenvalue weighted by Gasteiger charge is 2.22. The molecule has 0 aromatic carbocycles. The van der Waals surface area contributed by atoms with Crippen molar-refractivity contribution in [2.75, 3.05) is 33.0 Å². The van der Waals surface area contributed by atoms with Crippen LogP contribution in [0.2, 0.25) is 0 Å². The van der Waals surface area contributed by atoms with Gasteiger partial charge in [-0.2, -0.15) is 0 Å². The Morgan fingerprint density at radius 2 is 2.15 bits per heavy atom. The van der Waals surface area contributed by atoms with Crippen LogP contribution in [0.25, 0.3) is 0 Å². The SMILES string of the molecule is CCOC(=O)c1ncn(C(CC(C)C)CN(C)C)c1N. The first-order valence-electron chi connectivity index (χ1n) is 7.00. The molecular formula is C14H26N4O2. The van der Waals surface area contributed by atoms with Crippen LogP contribution in [-0.2, 0) is 4.74 Å². The molecule has 0 aliphatic carbocycles. The van der Waals surface area contributed by atoms with Gasteiger partial charge in [-0.3, -0.25) is 0 Å². The van der Waals surface area contributed by atoms with Gasteiger partial charge >= 0.3 is 5.97 Å². The number of aromatic nitrogens is 2. The monoisotopic (exact) mass is 282 g/mol. The van der Waals surface area contributed by atoms with Gasteiger partial charge in [0.05, 0.1) is 12.9 Å². The van der Waals surface area contributed by atoms with Crippen LogP contribution in [-0.4, -0.2) is 47.7 Å². The Hall–Kier alpha value is -1.56. The zero-order chi connectivity index (χ0) is 15.3. The van der Waals surface area contributed by atoms with E-state index in [1.165, 1.54) is 0 Å². The van der Waals surface area contributed by atoms with Crippen molar-refractivity contribution in [3.63, 3.8) is 0 Å². The largest absolute Gasteiger partial charge is 0.461 e. The van der Waals surface area contributed by atoms with Gasteiger partial charge in [-0.1, -0.05) is 13.8 Å². The van der Waals surface area contributed by atoms with Crippen molar-refractivity contribution in [1.82, 2.24) is 14.5 Å². The second-order valence-electron chi connectivity index (χ2n) is 5.65. The first-order valence-corrected chi connectivity index (χ1v) is 7.00. The van der Waals surface area contributed by atoms with Gasteiger partial charge in [0.2, 0.25) is 0 Å². The first kappa shape index (κ1) is 16.5. The summed E-state index contributed by atoms with van der Waals surface area (Å²) in [4.78, 5) is 18.0. The molecule has 1 rings (SSSR count). The minimum Gasteiger partial charge on any atom is -0.461 e. The quantitative estimate of drug-likeness (QED) is 0.772. The smallest absolute Gasteiger partial charge is 0.360 e. The van der Waals surface area contributed by atoms with Crippen LogP contribution < -0.4 is 5.73 Å². The third-order valence-corrected chi connectivity index (χ3v) is 3.01. The molecule has 0 saturated carbocycles. The molecule has 0 amide bonds. The average molecular weight is 282 g/mol. The Bertz CT molecular complexity index is 430. The number of rotatable bonds is 7. The number of imidazole rings is 1. The zero-order valence-electron chi connectivity index (χ0n) is 13.1. The minimum atomic E-state index is -0.461. The summed E-state index contributed by atoms with van der Waals surface area (Å²) in [7, 11) is 4.04. The van der Waals surface area contributed by atoms with Crippen LogP contribution in [0.5, 0.6) is 0 Å². The maximum atomic E-state index is 11.8. The van der Waals surface area contributed by atoms with E-state index in [9.17, 15) is 4.79 Å². The van der Waals surface area contributed by atoms with Crippen molar-refractivity contribution in [1.29, 1.82) is 0 Å². The number of nitrogen functional groups attached to an aromatic ring is 1. The number of nitrogens with zero attached hydrogens (tertiary/aromatic N) is 3. The first-order chi connectivity index (χ1) is 9.36. The molecule has 1 atom stereocenters. The summed E-state index contributed by atoms with van der Waals surface area (Å²) in [6, 6.07) is 0.195. The minimum absolute atomic E-state index is 0.195. The topological polar surface area (TPSA) is 73.4 Å². The van der Waals surface area contributed by atoms with Crippen molar-refractivity contribution in [3.8, 4) is 0 Å². The molecule has 1 aromatic rings. The fraction of sp³-hybridized carbons (Fsp3) is 0.714. The molecule has 0 radical (unpaired) electrons. The summed E-state index contributed by atoms with van der Waals surface area (Å²) in [6.45, 7) is 7.27. The molecule has 0 aliphatic heterocycles. The number of esters is 1. The summed E-state index contributed by atoms with van der Waals surface area (Å²) in [6.07, 6.45) is 2.61. The van der Waals surface area contributed by atoms with Crippen LogP contribution in [0.3, 0.4) is 0 Å². The van der Waals surface area contributed by atoms with E-state index in [2.05, 4.69) is 23.7 Å². The van der Waals surface area contributed by atoms with E-state index in [4.69, 9.17) is 10.5 Å². The Morgan fingerprint density at radius 1 is 1.50 bits per heavy atom. The number of ether oxygens (including phenoxy) is 1. The van der Waals surface area contributed by atoms with Crippen molar-refractivity contribution in [3.05, 3.63) is 12.0 Å². The lowest BCUT2D eigenvalue weighted by Gasteiger charge is -2.25. The highest BCUT2D eigenvalue weighted by Crippen LogP contribution is 2.23. The van der Waals surface area contributed by atoms with Crippen LogP contribution >= 0.6 is 0 Å². The van der Waals surface area contributed by atoms with Gasteiger partial charge in [0.1, 0.15) is 5.82 Å². The maximum absolute atomic E-state index is 11.8. The fourth-order valence-electron chi connectivity index (χ4n) is 2.26. The molecule has 1 aromatic heterocycles. The van der Waals surface area contributed by atoms with Crippen molar-refractivity contribution in [2.24, 2.45) is 5.92 Å². The van der Waals surface area contributed by atoms with Crippen molar-refractivity contribution in [2.45, 2.75) is 33.2 Å². The van der Waals surface area contributed by atoms with Crippen LogP contribution in [0.1, 0.15) is 43.7 Å². The van der Waals surface area contributed by atoms with Gasteiger partial charge in [0, 0.05) is 12.6 Å². The number of carbonyl (C=O) groups is 1. The number of anilines is 1. The van der Waals surface area contributed by atoms with Crippen molar-refractivity contribution >= 4 is 11.8 Å². The number of nitrogens with two attached hydrogens (primary N) is 1. The molecule has 1 unspecified atom stereocenters. The van der Waals surface area contributed by atoms with E-state index in [-0.39, 0.29) is 11.7 Å². The normalized spacial score (nSPS) is 12.9. The Kier molecular flexibility index (Phi) is 6.01. The van der Waals surface area contributed by atoms with E-state index in [1.807, 2.05) is 18.7 Å². The summed E-state index contributed by atoms with van der Waals surface area (Å²) >= 11 is 0. The van der Waals surface area contributed by atoms with E-state index < -0.39 is 5.97 Å². The van der Waals surface area contributed by atoms with Gasteiger partial charge in [-0.05, 0) is 33.4 Å². The summed E-state index contributed by atoms with van der Waals surface area (Å²) < 4.78 is 6.84. The van der Waals surface area contributed by atoms with E-state index in [0.717, 1.165) is 13.0 Å². The van der Waals surface area contributed by atoms with Crippen LogP contribution in [0, 0.1) is 5.92 Å². The molecule has 2 N–H and O–H groups in total. The molecule has 0 spiro atoms. The third kappa shape index (κ3) is 4.23. The van der Waals surface area contributed by atoms with Gasteiger partial charge < -0.3 is 19.9 Å². The summed E-state index contributed by atoms with van der Waals surface area (Å²) in [5, 5.41) is 0. The number of hydrogen-bond donors (Lipinski definition) is 1. The molecule has 1 heterocycles. The molecule has 6 heteroatoms. The number of likely N-dealkylation sites (N-methyl/N-ethyl adjacent to an activating group) is 1. The summed E-state index contributed by atoms with van der Waals surface area (Å²) in [5.74, 6) is 0.459. The second kappa shape index (κ2) is 7.28. The van der Waals surface area contributed by atoms with E-state index in [0.29, 0.717) is 18.3 Å². The molecule has 0 saturated heterocycles. The van der Waals surface area contributed by atoms with Gasteiger partial charge in [0.25, 0.3) is 0 Å². The predicted octanol–water partition coefficient (Wildman–Crippen LogP) is 1.79. The Labute approximate surface area is 120 Å². The molecule has 6 nitrogen and oxygen atoms in total. The maximum Gasteiger partial charge on any atom is 0.360 e. The zero-order valence-corrected chi connectivity index (χ0v) is 13.1. The van der Waals surface area contributed by atoms with E-state index >= 15 is 0 Å². The van der Waals surface area contributed by atoms with Gasteiger partial charge in [-0.25, -0.2) is 9.78 Å². The average Bonchev–Trinajstić information content (AvgIpc) is 2.69. The summed E-state index contributed by atoms with van der Waals surface area (Å²) in [5.41, 5.74) is 6.28. The Morgan fingerprint density at radius 3 is 2.65 bits per heavy atom. The standard InChI is InChI=1S/C14H26N4O2/c1-6-20-14(19)12-13(15)18(9-16-12)11(7-10(2)3)8-17(4)5/h9-11H,6-8,15H2,1-5H3. The molecular weight excluding hydrogens is 256 g/mol. The molecule has 114 valence electrons. The lowest BCUT2D eigenvalue weighted by molar-refractivity contribution is 0.0521. The van der Waals surface area contributed by atoms with Gasteiger partial charge in [-0.15, -0.1) is 0 Å². The highest BCUT2D eigenvalue weighted by atomic mass is 16.5. The predicted molar refractivity (Wildman–Crippen MR) is 79.6 cm³/mol. The fourth-order valence-corrected chi connectivity index (χ4v) is 2.26. The van der Waals surface area contributed by atoms with Crippen LogP contribution in [0.15, 0.2) is 6.33 Å². The number of hydrogen-bond acceptors (Lipinski definition) is 5. The lowest BCUT2D eigenvalue weighted by atomic mass is 10.0. The van der Waals surface area contributed by atoms with Gasteiger partial charge in [0.15, 0.2) is 5.69 Å². The third-order valence-electron chi connectivity index (χ3n) is 3.01. The van der Waals surface area contributed by atoms with Crippen LogP contribution in [0.4, 0.5) is 5.82 Å². The molecule has 0 fully saturated rings. The second-order valence-corrected chi connectivity index (χ2v) is 5.65. The highest BCUT2D eigenvalue weighted by molar-refractivity contribution is 5.92. The van der Waals surface area contributed by atoms with E-state index in [1.54, 1.807) is 13.3 Å². The molecule has 0 bridgehead atoms.